The minimum absolute atomic E-state index is 0.784. The van der Waals surface area contributed by atoms with E-state index in [4.69, 9.17) is 0 Å². The second-order valence-electron chi connectivity index (χ2n) is 3.13. The molecule has 1 atom stereocenters. The molecule has 0 aromatic heterocycles. The van der Waals surface area contributed by atoms with Crippen molar-refractivity contribution in [2.24, 2.45) is 5.92 Å². The average Bonchev–Trinajstić information content (AvgIpc) is 2.52. The highest BCUT2D eigenvalue weighted by Crippen LogP contribution is 2.17. The Kier molecular flexibility index (Phi) is 3.37. The molecule has 62 valence electrons. The molecule has 1 N–H and O–H groups in total. The summed E-state index contributed by atoms with van der Waals surface area (Å²) >= 11 is 0. The van der Waals surface area contributed by atoms with Gasteiger partial charge in [0.1, 0.15) is 0 Å². The van der Waals surface area contributed by atoms with Crippen LogP contribution in [0.3, 0.4) is 0 Å². The molecule has 0 aromatic rings. The van der Waals surface area contributed by atoms with Crippen LogP contribution < -0.4 is 5.32 Å². The van der Waals surface area contributed by atoms with E-state index in [2.05, 4.69) is 37.4 Å². The van der Waals surface area contributed by atoms with Gasteiger partial charge in [-0.2, -0.15) is 0 Å². The molecular formula is C10H17N. The highest BCUT2D eigenvalue weighted by Gasteiger charge is 2.14. The van der Waals surface area contributed by atoms with E-state index < -0.39 is 0 Å². The van der Waals surface area contributed by atoms with Gasteiger partial charge in [0, 0.05) is 6.54 Å². The Labute approximate surface area is 69.2 Å². The predicted molar refractivity (Wildman–Crippen MR) is 49.5 cm³/mol. The van der Waals surface area contributed by atoms with Crippen molar-refractivity contribution in [3.05, 3.63) is 23.8 Å². The Morgan fingerprint density at radius 1 is 1.55 bits per heavy atom. The van der Waals surface area contributed by atoms with E-state index in [0.717, 1.165) is 5.92 Å². The molecule has 1 heteroatoms. The smallest absolute Gasteiger partial charge is 0.00173 e. The highest BCUT2D eigenvalue weighted by molar-refractivity contribution is 5.14. The van der Waals surface area contributed by atoms with Crippen LogP contribution in [-0.2, 0) is 0 Å². The molecule has 1 saturated heterocycles. The molecule has 0 aromatic carbocycles. The van der Waals surface area contributed by atoms with Crippen LogP contribution in [0.15, 0.2) is 23.8 Å². The largest absolute Gasteiger partial charge is 0.316 e. The lowest BCUT2D eigenvalue weighted by molar-refractivity contribution is 0.682. The second kappa shape index (κ2) is 4.35. The van der Waals surface area contributed by atoms with Crippen molar-refractivity contribution in [3.63, 3.8) is 0 Å². The molecule has 0 spiro atoms. The van der Waals surface area contributed by atoms with E-state index in [1.54, 1.807) is 0 Å². The maximum absolute atomic E-state index is 3.36. The Morgan fingerprint density at radius 3 is 2.91 bits per heavy atom. The van der Waals surface area contributed by atoms with Crippen molar-refractivity contribution in [3.8, 4) is 0 Å². The van der Waals surface area contributed by atoms with Crippen molar-refractivity contribution in [1.29, 1.82) is 0 Å². The van der Waals surface area contributed by atoms with Gasteiger partial charge in [0.15, 0.2) is 0 Å². The lowest BCUT2D eigenvalue weighted by Gasteiger charge is -2.06. The minimum atomic E-state index is 0.784. The zero-order valence-electron chi connectivity index (χ0n) is 7.43. The van der Waals surface area contributed by atoms with Crippen molar-refractivity contribution >= 4 is 0 Å². The molecule has 1 nitrogen and oxygen atoms in total. The summed E-state index contributed by atoms with van der Waals surface area (Å²) < 4.78 is 0. The summed E-state index contributed by atoms with van der Waals surface area (Å²) in [4.78, 5) is 0. The first-order valence-corrected chi connectivity index (χ1v) is 4.34. The first-order valence-electron chi connectivity index (χ1n) is 4.34. The van der Waals surface area contributed by atoms with E-state index in [-0.39, 0.29) is 0 Å². The van der Waals surface area contributed by atoms with Gasteiger partial charge < -0.3 is 5.32 Å². The molecule has 0 amide bonds. The van der Waals surface area contributed by atoms with Gasteiger partial charge in [-0.15, -0.1) is 0 Å². The molecule has 1 unspecified atom stereocenters. The number of rotatable bonds is 2. The molecule has 1 aliphatic rings. The van der Waals surface area contributed by atoms with Crippen molar-refractivity contribution in [2.45, 2.75) is 20.3 Å². The lowest BCUT2D eigenvalue weighted by atomic mass is 9.99. The summed E-state index contributed by atoms with van der Waals surface area (Å²) in [7, 11) is 0. The lowest BCUT2D eigenvalue weighted by Crippen LogP contribution is -2.09. The van der Waals surface area contributed by atoms with Crippen molar-refractivity contribution in [2.75, 3.05) is 13.1 Å². The van der Waals surface area contributed by atoms with Crippen LogP contribution in [0.5, 0.6) is 0 Å². The third-order valence-electron chi connectivity index (χ3n) is 2.26. The summed E-state index contributed by atoms with van der Waals surface area (Å²) in [5.41, 5.74) is 1.51. The first kappa shape index (κ1) is 8.54. The fourth-order valence-corrected chi connectivity index (χ4v) is 1.43. The summed E-state index contributed by atoms with van der Waals surface area (Å²) in [5, 5.41) is 3.36. The molecule has 0 saturated carbocycles. The van der Waals surface area contributed by atoms with Gasteiger partial charge in [-0.05, 0) is 32.7 Å². The van der Waals surface area contributed by atoms with Gasteiger partial charge in [-0.3, -0.25) is 0 Å². The van der Waals surface area contributed by atoms with E-state index in [1.807, 2.05) is 0 Å². The SMILES string of the molecule is C/C=C\C=C(/C)C1CCNC1. The Morgan fingerprint density at radius 2 is 2.36 bits per heavy atom. The Hall–Kier alpha value is -0.560. The van der Waals surface area contributed by atoms with Gasteiger partial charge >= 0.3 is 0 Å². The number of allylic oxidation sites excluding steroid dienone is 3. The molecule has 11 heavy (non-hydrogen) atoms. The monoisotopic (exact) mass is 151 g/mol. The van der Waals surface area contributed by atoms with Gasteiger partial charge in [0.2, 0.25) is 0 Å². The van der Waals surface area contributed by atoms with Crippen LogP contribution in [0.2, 0.25) is 0 Å². The number of hydrogen-bond acceptors (Lipinski definition) is 1. The summed E-state index contributed by atoms with van der Waals surface area (Å²) in [6.45, 7) is 6.62. The molecule has 1 heterocycles. The van der Waals surface area contributed by atoms with Gasteiger partial charge in [0.05, 0.1) is 0 Å². The van der Waals surface area contributed by atoms with Gasteiger partial charge in [0.25, 0.3) is 0 Å². The molecule has 0 bridgehead atoms. The summed E-state index contributed by atoms with van der Waals surface area (Å²) in [6, 6.07) is 0. The third-order valence-corrected chi connectivity index (χ3v) is 2.26. The van der Waals surface area contributed by atoms with E-state index >= 15 is 0 Å². The van der Waals surface area contributed by atoms with Crippen LogP contribution in [-0.4, -0.2) is 13.1 Å². The topological polar surface area (TPSA) is 12.0 Å². The first-order chi connectivity index (χ1) is 5.34. The van der Waals surface area contributed by atoms with Crippen LogP contribution >= 0.6 is 0 Å². The fourth-order valence-electron chi connectivity index (χ4n) is 1.43. The third kappa shape index (κ3) is 2.51. The van der Waals surface area contributed by atoms with Gasteiger partial charge in [-0.25, -0.2) is 0 Å². The van der Waals surface area contributed by atoms with Crippen LogP contribution in [0.1, 0.15) is 20.3 Å². The molecule has 1 fully saturated rings. The van der Waals surface area contributed by atoms with Crippen LogP contribution in [0.4, 0.5) is 0 Å². The molecular weight excluding hydrogens is 134 g/mol. The van der Waals surface area contributed by atoms with Gasteiger partial charge in [-0.1, -0.05) is 23.8 Å². The summed E-state index contributed by atoms with van der Waals surface area (Å²) in [5.74, 6) is 0.784. The molecule has 0 radical (unpaired) electrons. The predicted octanol–water partition coefficient (Wildman–Crippen LogP) is 2.12. The van der Waals surface area contributed by atoms with Crippen molar-refractivity contribution in [1.82, 2.24) is 5.32 Å². The maximum Gasteiger partial charge on any atom is 0.00173 e. The number of hydrogen-bond donors (Lipinski definition) is 1. The van der Waals surface area contributed by atoms with E-state index in [0.29, 0.717) is 0 Å². The molecule has 1 aliphatic heterocycles. The van der Waals surface area contributed by atoms with E-state index in [9.17, 15) is 0 Å². The summed E-state index contributed by atoms with van der Waals surface area (Å²) in [6.07, 6.45) is 7.72. The van der Waals surface area contributed by atoms with Crippen LogP contribution in [0.25, 0.3) is 0 Å². The highest BCUT2D eigenvalue weighted by atomic mass is 14.9. The quantitative estimate of drug-likeness (QED) is 0.596. The maximum atomic E-state index is 3.36. The zero-order chi connectivity index (χ0) is 8.10. The minimum Gasteiger partial charge on any atom is -0.316 e. The molecule has 1 rings (SSSR count). The Bertz CT molecular complexity index is 162. The zero-order valence-corrected chi connectivity index (χ0v) is 7.43. The standard InChI is InChI=1S/C10H17N/c1-3-4-5-9(2)10-6-7-11-8-10/h3-5,10-11H,6-8H2,1-2H3/b4-3-,9-5+. The molecule has 0 aliphatic carbocycles. The van der Waals surface area contributed by atoms with E-state index in [1.165, 1.54) is 25.1 Å². The fraction of sp³-hybridized carbons (Fsp3) is 0.600. The second-order valence-corrected chi connectivity index (χ2v) is 3.13. The normalized spacial score (nSPS) is 26.7. The number of nitrogens with one attached hydrogen (secondary N) is 1. The Balaban J connectivity index is 2.44. The average molecular weight is 151 g/mol. The van der Waals surface area contributed by atoms with Crippen LogP contribution in [0, 0.1) is 5.92 Å². The van der Waals surface area contributed by atoms with Crippen molar-refractivity contribution < 1.29 is 0 Å².